The summed E-state index contributed by atoms with van der Waals surface area (Å²) in [6, 6.07) is 8.94. The summed E-state index contributed by atoms with van der Waals surface area (Å²) < 4.78 is 0. The third-order valence-electron chi connectivity index (χ3n) is 3.45. The highest BCUT2D eigenvalue weighted by Crippen LogP contribution is 2.32. The Kier molecular flexibility index (Phi) is 4.86. The number of rotatable bonds is 4. The molecule has 0 spiro atoms. The van der Waals surface area contributed by atoms with E-state index in [1.807, 2.05) is 0 Å². The number of aliphatic imine (C=N–C) groups is 1. The van der Waals surface area contributed by atoms with Crippen molar-refractivity contribution >= 4 is 46.0 Å². The van der Waals surface area contributed by atoms with Crippen LogP contribution in [0.15, 0.2) is 52.4 Å². The highest BCUT2D eigenvalue weighted by Gasteiger charge is 2.24. The van der Waals surface area contributed by atoms with Crippen molar-refractivity contribution in [2.24, 2.45) is 4.99 Å². The Balaban J connectivity index is 1.85. The van der Waals surface area contributed by atoms with E-state index >= 15 is 0 Å². The van der Waals surface area contributed by atoms with Gasteiger partial charge in [0.1, 0.15) is 5.75 Å². The van der Waals surface area contributed by atoms with Gasteiger partial charge in [0.25, 0.3) is 17.3 Å². The fraction of sp³-hybridized carbons (Fsp3) is 0. The Labute approximate surface area is 155 Å². The summed E-state index contributed by atoms with van der Waals surface area (Å²) >= 11 is 0.978. The molecule has 0 bridgehead atoms. The van der Waals surface area contributed by atoms with Gasteiger partial charge in [0.15, 0.2) is 5.17 Å². The molecular weight excluding hydrogens is 376 g/mol. The van der Waals surface area contributed by atoms with Crippen LogP contribution in [0.2, 0.25) is 0 Å². The summed E-state index contributed by atoms with van der Waals surface area (Å²) in [5.41, 5.74) is 0.230. The van der Waals surface area contributed by atoms with Crippen LogP contribution in [0.3, 0.4) is 0 Å². The minimum Gasteiger partial charge on any atom is -0.507 e. The SMILES string of the molecule is O=C1NC(=Nc2ccc([N+](=O)[O-])cc2)S/C1=C\c1cc([N+](=O)[O-])ccc1O. The normalized spacial score (nSPS) is 16.5. The number of phenols is 1. The van der Waals surface area contributed by atoms with E-state index in [9.17, 15) is 30.1 Å². The molecule has 1 fully saturated rings. The molecule has 3 rings (SSSR count). The molecule has 1 heterocycles. The zero-order chi connectivity index (χ0) is 19.6. The molecule has 2 N–H and O–H groups in total. The van der Waals surface area contributed by atoms with Gasteiger partial charge in [0.2, 0.25) is 0 Å². The highest BCUT2D eigenvalue weighted by molar-refractivity contribution is 8.18. The van der Waals surface area contributed by atoms with E-state index in [0.29, 0.717) is 5.69 Å². The Bertz CT molecular complexity index is 1020. The Hall–Kier alpha value is -3.73. The first-order chi connectivity index (χ1) is 12.8. The van der Waals surface area contributed by atoms with Gasteiger partial charge < -0.3 is 10.4 Å². The van der Waals surface area contributed by atoms with Gasteiger partial charge in [-0.05, 0) is 36.0 Å². The van der Waals surface area contributed by atoms with E-state index in [1.54, 1.807) is 0 Å². The molecule has 1 saturated heterocycles. The zero-order valence-corrected chi connectivity index (χ0v) is 14.2. The number of carbonyl (C=O) groups is 1. The Morgan fingerprint density at radius 3 is 2.30 bits per heavy atom. The summed E-state index contributed by atoms with van der Waals surface area (Å²) in [6.07, 6.45) is 1.32. The molecule has 0 aliphatic carbocycles. The van der Waals surface area contributed by atoms with Crippen LogP contribution in [0, 0.1) is 20.2 Å². The lowest BCUT2D eigenvalue weighted by atomic mass is 10.1. The summed E-state index contributed by atoms with van der Waals surface area (Å²) in [4.78, 5) is 36.8. The van der Waals surface area contributed by atoms with Crippen LogP contribution in [0.4, 0.5) is 17.1 Å². The second-order valence-electron chi connectivity index (χ2n) is 5.26. The summed E-state index contributed by atoms with van der Waals surface area (Å²) in [5.74, 6) is -0.686. The van der Waals surface area contributed by atoms with Gasteiger partial charge in [-0.1, -0.05) is 0 Å². The standard InChI is InChI=1S/C16H10N4O6S/c21-13-6-5-12(20(25)26)7-9(13)8-14-15(22)18-16(27-14)17-10-1-3-11(4-2-10)19(23)24/h1-8,21H,(H,17,18,22)/b14-8-. The lowest BCUT2D eigenvalue weighted by Crippen LogP contribution is -2.19. The molecule has 2 aromatic rings. The van der Waals surface area contributed by atoms with Gasteiger partial charge in [-0.15, -0.1) is 0 Å². The minimum atomic E-state index is -0.606. The maximum Gasteiger partial charge on any atom is 0.270 e. The van der Waals surface area contributed by atoms with E-state index in [0.717, 1.165) is 23.9 Å². The number of amidine groups is 1. The first-order valence-electron chi connectivity index (χ1n) is 7.35. The van der Waals surface area contributed by atoms with Crippen molar-refractivity contribution in [2.75, 3.05) is 0 Å². The predicted octanol–water partition coefficient (Wildman–Crippen LogP) is 3.10. The summed E-state index contributed by atoms with van der Waals surface area (Å²) in [6.45, 7) is 0. The first-order valence-corrected chi connectivity index (χ1v) is 8.16. The number of nitro benzene ring substituents is 2. The lowest BCUT2D eigenvalue weighted by Gasteiger charge is -1.99. The number of benzene rings is 2. The largest absolute Gasteiger partial charge is 0.507 e. The molecule has 1 aliphatic rings. The van der Waals surface area contributed by atoms with E-state index in [-0.39, 0.29) is 32.8 Å². The average molecular weight is 386 g/mol. The van der Waals surface area contributed by atoms with Gasteiger partial charge >= 0.3 is 0 Å². The number of hydrogen-bond acceptors (Lipinski definition) is 8. The molecule has 0 aromatic heterocycles. The van der Waals surface area contributed by atoms with E-state index in [2.05, 4.69) is 10.3 Å². The quantitative estimate of drug-likeness (QED) is 0.466. The second-order valence-corrected chi connectivity index (χ2v) is 6.29. The third kappa shape index (κ3) is 4.10. The Morgan fingerprint density at radius 1 is 1.04 bits per heavy atom. The number of thioether (sulfide) groups is 1. The van der Waals surface area contributed by atoms with E-state index in [4.69, 9.17) is 0 Å². The van der Waals surface area contributed by atoms with Crippen molar-refractivity contribution in [3.8, 4) is 5.75 Å². The van der Waals surface area contributed by atoms with Gasteiger partial charge in [-0.2, -0.15) is 0 Å². The van der Waals surface area contributed by atoms with Crippen molar-refractivity contribution in [3.05, 3.63) is 73.2 Å². The number of carbonyl (C=O) groups excluding carboxylic acids is 1. The van der Waals surface area contributed by atoms with Crippen LogP contribution in [0.25, 0.3) is 6.08 Å². The van der Waals surface area contributed by atoms with Crippen LogP contribution in [0.5, 0.6) is 5.75 Å². The second kappa shape index (κ2) is 7.25. The molecule has 11 heteroatoms. The van der Waals surface area contributed by atoms with Crippen LogP contribution in [-0.4, -0.2) is 26.0 Å². The van der Waals surface area contributed by atoms with Crippen LogP contribution >= 0.6 is 11.8 Å². The molecular formula is C16H10N4O6S. The fourth-order valence-electron chi connectivity index (χ4n) is 2.16. The van der Waals surface area contributed by atoms with Crippen molar-refractivity contribution in [3.63, 3.8) is 0 Å². The molecule has 0 unspecified atom stereocenters. The zero-order valence-electron chi connectivity index (χ0n) is 13.4. The molecule has 0 atom stereocenters. The van der Waals surface area contributed by atoms with Crippen LogP contribution in [0.1, 0.15) is 5.56 Å². The maximum absolute atomic E-state index is 12.1. The van der Waals surface area contributed by atoms with E-state index < -0.39 is 15.8 Å². The van der Waals surface area contributed by atoms with Gasteiger partial charge in [0, 0.05) is 29.8 Å². The number of non-ortho nitro benzene ring substituents is 2. The predicted molar refractivity (Wildman–Crippen MR) is 98.7 cm³/mol. The van der Waals surface area contributed by atoms with Crippen molar-refractivity contribution in [1.29, 1.82) is 0 Å². The van der Waals surface area contributed by atoms with Gasteiger partial charge in [-0.3, -0.25) is 25.0 Å². The average Bonchev–Trinajstić information content (AvgIpc) is 2.96. The number of hydrogen-bond donors (Lipinski definition) is 2. The van der Waals surface area contributed by atoms with E-state index in [1.165, 1.54) is 36.4 Å². The highest BCUT2D eigenvalue weighted by atomic mass is 32.2. The molecule has 136 valence electrons. The number of aromatic hydroxyl groups is 1. The van der Waals surface area contributed by atoms with Crippen LogP contribution < -0.4 is 5.32 Å². The van der Waals surface area contributed by atoms with Crippen LogP contribution in [-0.2, 0) is 4.79 Å². The summed E-state index contributed by atoms with van der Waals surface area (Å²) in [5, 5.41) is 34.1. The smallest absolute Gasteiger partial charge is 0.270 e. The number of nitrogens with one attached hydrogen (secondary N) is 1. The molecule has 1 aliphatic heterocycles. The molecule has 0 radical (unpaired) electrons. The minimum absolute atomic E-state index is 0.0798. The summed E-state index contributed by atoms with van der Waals surface area (Å²) in [7, 11) is 0. The number of nitrogens with zero attached hydrogens (tertiary/aromatic N) is 3. The monoisotopic (exact) mass is 386 g/mol. The van der Waals surface area contributed by atoms with Gasteiger partial charge in [-0.25, -0.2) is 4.99 Å². The number of nitro groups is 2. The topological polar surface area (TPSA) is 148 Å². The van der Waals surface area contributed by atoms with Crippen molar-refractivity contribution in [1.82, 2.24) is 5.32 Å². The molecule has 0 saturated carbocycles. The molecule has 27 heavy (non-hydrogen) atoms. The lowest BCUT2D eigenvalue weighted by molar-refractivity contribution is -0.385. The molecule has 2 aromatic carbocycles. The van der Waals surface area contributed by atoms with Crippen molar-refractivity contribution < 1.29 is 19.7 Å². The number of amides is 1. The third-order valence-corrected chi connectivity index (χ3v) is 4.36. The maximum atomic E-state index is 12.1. The first kappa shape index (κ1) is 18.1. The van der Waals surface area contributed by atoms with Crippen molar-refractivity contribution in [2.45, 2.75) is 0 Å². The molecule has 10 nitrogen and oxygen atoms in total. The van der Waals surface area contributed by atoms with Gasteiger partial charge in [0.05, 0.1) is 20.4 Å². The fourth-order valence-corrected chi connectivity index (χ4v) is 2.99. The number of phenolic OH excluding ortho intramolecular Hbond substituents is 1. The Morgan fingerprint density at radius 2 is 1.67 bits per heavy atom. The molecule has 1 amide bonds.